The monoisotopic (exact) mass is 197 g/mol. The van der Waals surface area contributed by atoms with E-state index in [1.54, 1.807) is 11.3 Å². The first-order valence-electron chi connectivity index (χ1n) is 4.68. The summed E-state index contributed by atoms with van der Waals surface area (Å²) in [5.74, 6) is 0.592. The van der Waals surface area contributed by atoms with Gasteiger partial charge < -0.3 is 10.5 Å². The average molecular weight is 197 g/mol. The SMILES string of the molecule is CC1CCOC1C(N)c1ccsc1. The number of rotatable bonds is 2. The Morgan fingerprint density at radius 2 is 2.54 bits per heavy atom. The smallest absolute Gasteiger partial charge is 0.0794 e. The van der Waals surface area contributed by atoms with Gasteiger partial charge in [0, 0.05) is 6.61 Å². The van der Waals surface area contributed by atoms with Crippen molar-refractivity contribution in [3.05, 3.63) is 22.4 Å². The molecule has 2 nitrogen and oxygen atoms in total. The van der Waals surface area contributed by atoms with Gasteiger partial charge in [-0.15, -0.1) is 0 Å². The minimum atomic E-state index is 0.0590. The van der Waals surface area contributed by atoms with Crippen molar-refractivity contribution in [1.29, 1.82) is 0 Å². The van der Waals surface area contributed by atoms with E-state index in [1.807, 2.05) is 0 Å². The molecule has 0 aliphatic carbocycles. The van der Waals surface area contributed by atoms with E-state index in [-0.39, 0.29) is 12.1 Å². The van der Waals surface area contributed by atoms with Gasteiger partial charge in [-0.3, -0.25) is 0 Å². The molecule has 13 heavy (non-hydrogen) atoms. The lowest BCUT2D eigenvalue weighted by molar-refractivity contribution is 0.0726. The van der Waals surface area contributed by atoms with Crippen LogP contribution in [0.25, 0.3) is 0 Å². The molecule has 1 aromatic rings. The molecule has 1 saturated heterocycles. The number of nitrogens with two attached hydrogens (primary N) is 1. The fraction of sp³-hybridized carbons (Fsp3) is 0.600. The average Bonchev–Trinajstić information content (AvgIpc) is 2.72. The normalized spacial score (nSPS) is 30.6. The Morgan fingerprint density at radius 3 is 3.08 bits per heavy atom. The van der Waals surface area contributed by atoms with Crippen LogP contribution < -0.4 is 5.73 Å². The van der Waals surface area contributed by atoms with E-state index in [9.17, 15) is 0 Å². The van der Waals surface area contributed by atoms with Gasteiger partial charge in [-0.1, -0.05) is 6.92 Å². The summed E-state index contributed by atoms with van der Waals surface area (Å²) in [5.41, 5.74) is 7.33. The van der Waals surface area contributed by atoms with Crippen LogP contribution in [0.2, 0.25) is 0 Å². The second-order valence-corrected chi connectivity index (χ2v) is 4.46. The minimum Gasteiger partial charge on any atom is -0.376 e. The van der Waals surface area contributed by atoms with Gasteiger partial charge in [-0.05, 0) is 34.7 Å². The minimum absolute atomic E-state index is 0.0590. The molecule has 3 heteroatoms. The van der Waals surface area contributed by atoms with Gasteiger partial charge in [0.1, 0.15) is 0 Å². The Morgan fingerprint density at radius 1 is 1.69 bits per heavy atom. The number of hydrogen-bond donors (Lipinski definition) is 1. The number of hydrogen-bond acceptors (Lipinski definition) is 3. The molecule has 2 N–H and O–H groups in total. The molecular weight excluding hydrogens is 182 g/mol. The molecule has 1 aliphatic rings. The van der Waals surface area contributed by atoms with Crippen molar-refractivity contribution in [3.63, 3.8) is 0 Å². The van der Waals surface area contributed by atoms with Gasteiger partial charge in [0.05, 0.1) is 12.1 Å². The maximum Gasteiger partial charge on any atom is 0.0794 e. The van der Waals surface area contributed by atoms with Crippen LogP contribution in [-0.4, -0.2) is 12.7 Å². The van der Waals surface area contributed by atoms with E-state index in [2.05, 4.69) is 23.8 Å². The molecule has 0 amide bonds. The van der Waals surface area contributed by atoms with Crippen molar-refractivity contribution >= 4 is 11.3 Å². The van der Waals surface area contributed by atoms with E-state index in [4.69, 9.17) is 10.5 Å². The summed E-state index contributed by atoms with van der Waals surface area (Å²) in [7, 11) is 0. The van der Waals surface area contributed by atoms with Gasteiger partial charge in [0.15, 0.2) is 0 Å². The Kier molecular flexibility index (Phi) is 2.67. The van der Waals surface area contributed by atoms with E-state index in [0.29, 0.717) is 5.92 Å². The first kappa shape index (κ1) is 9.19. The molecule has 1 aliphatic heterocycles. The zero-order valence-electron chi connectivity index (χ0n) is 7.77. The Labute approximate surface area is 82.7 Å². The molecule has 72 valence electrons. The molecule has 1 fully saturated rings. The van der Waals surface area contributed by atoms with Crippen LogP contribution in [0.15, 0.2) is 16.8 Å². The predicted octanol–water partition coefficient (Wildman–Crippen LogP) is 2.17. The second kappa shape index (κ2) is 3.78. The van der Waals surface area contributed by atoms with Crippen molar-refractivity contribution in [2.45, 2.75) is 25.5 Å². The summed E-state index contributed by atoms with van der Waals surface area (Å²) < 4.78 is 5.63. The van der Waals surface area contributed by atoms with Crippen molar-refractivity contribution in [2.24, 2.45) is 11.7 Å². The molecule has 0 radical (unpaired) electrons. The van der Waals surface area contributed by atoms with Gasteiger partial charge in [0.25, 0.3) is 0 Å². The third kappa shape index (κ3) is 1.77. The summed E-state index contributed by atoms with van der Waals surface area (Å²) >= 11 is 1.69. The third-order valence-electron chi connectivity index (χ3n) is 2.73. The highest BCUT2D eigenvalue weighted by molar-refractivity contribution is 7.07. The largest absolute Gasteiger partial charge is 0.376 e. The van der Waals surface area contributed by atoms with Crippen LogP contribution in [-0.2, 0) is 4.74 Å². The molecule has 0 bridgehead atoms. The van der Waals surface area contributed by atoms with Gasteiger partial charge in [-0.2, -0.15) is 11.3 Å². The van der Waals surface area contributed by atoms with E-state index in [0.717, 1.165) is 13.0 Å². The van der Waals surface area contributed by atoms with Crippen LogP contribution in [0.1, 0.15) is 24.9 Å². The van der Waals surface area contributed by atoms with Crippen LogP contribution in [0.5, 0.6) is 0 Å². The van der Waals surface area contributed by atoms with Gasteiger partial charge in [-0.25, -0.2) is 0 Å². The summed E-state index contributed by atoms with van der Waals surface area (Å²) in [6, 6.07) is 2.15. The van der Waals surface area contributed by atoms with E-state index in [1.165, 1.54) is 5.56 Å². The highest BCUT2D eigenvalue weighted by Gasteiger charge is 2.30. The lowest BCUT2D eigenvalue weighted by atomic mass is 9.95. The quantitative estimate of drug-likeness (QED) is 0.788. The van der Waals surface area contributed by atoms with Crippen LogP contribution >= 0.6 is 11.3 Å². The maximum absolute atomic E-state index is 6.12. The van der Waals surface area contributed by atoms with Crippen molar-refractivity contribution < 1.29 is 4.74 Å². The fourth-order valence-electron chi connectivity index (χ4n) is 1.83. The predicted molar refractivity (Wildman–Crippen MR) is 54.8 cm³/mol. The highest BCUT2D eigenvalue weighted by Crippen LogP contribution is 2.30. The summed E-state index contributed by atoms with van der Waals surface area (Å²) in [5, 5.41) is 4.17. The summed E-state index contributed by atoms with van der Waals surface area (Å²) in [6.07, 6.45) is 1.36. The molecule has 2 rings (SSSR count). The number of thiophene rings is 1. The molecule has 1 aromatic heterocycles. The molecule has 3 atom stereocenters. The standard InChI is InChI=1S/C10H15NOS/c1-7-2-4-12-10(7)9(11)8-3-5-13-6-8/h3,5-7,9-10H,2,4,11H2,1H3. The fourth-order valence-corrected chi connectivity index (χ4v) is 2.54. The molecule has 0 spiro atoms. The lowest BCUT2D eigenvalue weighted by Gasteiger charge is -2.21. The van der Waals surface area contributed by atoms with Crippen molar-refractivity contribution in [1.82, 2.24) is 0 Å². The summed E-state index contributed by atoms with van der Waals surface area (Å²) in [6.45, 7) is 3.08. The summed E-state index contributed by atoms with van der Waals surface area (Å²) in [4.78, 5) is 0. The van der Waals surface area contributed by atoms with Gasteiger partial charge in [0.2, 0.25) is 0 Å². The zero-order chi connectivity index (χ0) is 9.26. The van der Waals surface area contributed by atoms with Crippen LogP contribution in [0.4, 0.5) is 0 Å². The molecule has 0 aromatic carbocycles. The number of ether oxygens (including phenoxy) is 1. The Hall–Kier alpha value is -0.380. The van der Waals surface area contributed by atoms with E-state index < -0.39 is 0 Å². The van der Waals surface area contributed by atoms with Crippen molar-refractivity contribution in [2.75, 3.05) is 6.61 Å². The van der Waals surface area contributed by atoms with Crippen LogP contribution in [0, 0.1) is 5.92 Å². The molecule has 2 heterocycles. The van der Waals surface area contributed by atoms with Gasteiger partial charge >= 0.3 is 0 Å². The van der Waals surface area contributed by atoms with E-state index >= 15 is 0 Å². The molecular formula is C10H15NOS. The maximum atomic E-state index is 6.12. The third-order valence-corrected chi connectivity index (χ3v) is 3.43. The van der Waals surface area contributed by atoms with Crippen molar-refractivity contribution in [3.8, 4) is 0 Å². The molecule has 3 unspecified atom stereocenters. The Balaban J connectivity index is 2.08. The topological polar surface area (TPSA) is 35.2 Å². The van der Waals surface area contributed by atoms with Crippen LogP contribution in [0.3, 0.4) is 0 Å². The zero-order valence-corrected chi connectivity index (χ0v) is 8.59. The highest BCUT2D eigenvalue weighted by atomic mass is 32.1. The first-order chi connectivity index (χ1) is 6.29. The second-order valence-electron chi connectivity index (χ2n) is 3.68. The first-order valence-corrected chi connectivity index (χ1v) is 5.62. The Bertz CT molecular complexity index is 260. The molecule has 0 saturated carbocycles. The lowest BCUT2D eigenvalue weighted by Crippen LogP contribution is -2.29.